The summed E-state index contributed by atoms with van der Waals surface area (Å²) < 4.78 is 7.34. The monoisotopic (exact) mass is 400 g/mol. The fourth-order valence-corrected chi connectivity index (χ4v) is 3.22. The van der Waals surface area contributed by atoms with Crippen LogP contribution in [0, 0.1) is 0 Å². The van der Waals surface area contributed by atoms with Gasteiger partial charge >= 0.3 is 12.1 Å². The van der Waals surface area contributed by atoms with Gasteiger partial charge in [-0.1, -0.05) is 6.07 Å². The Hall–Kier alpha value is -3.00. The van der Waals surface area contributed by atoms with Gasteiger partial charge in [-0.3, -0.25) is 0 Å². The van der Waals surface area contributed by atoms with Crippen LogP contribution >= 0.6 is 0 Å². The molecule has 0 bridgehead atoms. The lowest BCUT2D eigenvalue weighted by Gasteiger charge is -2.40. The lowest BCUT2D eigenvalue weighted by atomic mass is 10.2. The summed E-state index contributed by atoms with van der Waals surface area (Å²) in [6, 6.07) is 10.6. The molecule has 1 aromatic heterocycles. The molecule has 1 fully saturated rings. The van der Waals surface area contributed by atoms with E-state index in [0.29, 0.717) is 18.8 Å². The summed E-state index contributed by atoms with van der Waals surface area (Å²) in [6.07, 6.45) is 3.42. The minimum atomic E-state index is -0.592. The van der Waals surface area contributed by atoms with Crippen molar-refractivity contribution in [2.45, 2.75) is 32.4 Å². The lowest BCUT2D eigenvalue weighted by Crippen LogP contribution is -2.59. The number of piperazine rings is 1. The van der Waals surface area contributed by atoms with Crippen LogP contribution in [0.1, 0.15) is 20.8 Å². The number of carbonyl (C=O) groups excluding carboxylic acids is 2. The van der Waals surface area contributed by atoms with E-state index in [4.69, 9.17) is 4.74 Å². The van der Waals surface area contributed by atoms with Gasteiger partial charge in [0.1, 0.15) is 5.60 Å². The smallest absolute Gasteiger partial charge is 0.410 e. The van der Waals surface area contributed by atoms with Gasteiger partial charge in [0.05, 0.1) is 12.6 Å². The van der Waals surface area contributed by atoms with Gasteiger partial charge in [0, 0.05) is 43.4 Å². The Morgan fingerprint density at radius 1 is 1.17 bits per heavy atom. The molecule has 1 aromatic carbocycles. The third-order valence-corrected chi connectivity index (χ3v) is 4.61. The summed E-state index contributed by atoms with van der Waals surface area (Å²) in [5.74, 6) is 0. The van der Waals surface area contributed by atoms with Crippen LogP contribution in [-0.2, 0) is 4.74 Å². The highest BCUT2D eigenvalue weighted by Gasteiger charge is 2.34. The Morgan fingerprint density at radius 2 is 1.90 bits per heavy atom. The van der Waals surface area contributed by atoms with Crippen molar-refractivity contribution < 1.29 is 19.4 Å². The number of rotatable bonds is 3. The molecule has 2 heterocycles. The quantitative estimate of drug-likeness (QED) is 0.829. The van der Waals surface area contributed by atoms with Crippen molar-refractivity contribution in [3.63, 3.8) is 0 Å². The van der Waals surface area contributed by atoms with Crippen LogP contribution in [0.2, 0.25) is 0 Å². The second-order valence-corrected chi connectivity index (χ2v) is 8.03. The Morgan fingerprint density at radius 3 is 2.55 bits per heavy atom. The maximum Gasteiger partial charge on any atom is 0.410 e. The van der Waals surface area contributed by atoms with Crippen molar-refractivity contribution in [1.82, 2.24) is 14.4 Å². The molecule has 2 aromatic rings. The topological polar surface area (TPSA) is 87.0 Å². The van der Waals surface area contributed by atoms with Crippen molar-refractivity contribution in [3.8, 4) is 5.69 Å². The predicted molar refractivity (Wildman–Crippen MR) is 110 cm³/mol. The lowest BCUT2D eigenvalue weighted by molar-refractivity contribution is 0.00415. The number of ether oxygens (including phenoxy) is 1. The van der Waals surface area contributed by atoms with Gasteiger partial charge in [-0.15, -0.1) is 0 Å². The zero-order valence-corrected chi connectivity index (χ0v) is 17.0. The van der Waals surface area contributed by atoms with Crippen molar-refractivity contribution in [2.24, 2.45) is 0 Å². The number of hydrogen-bond acceptors (Lipinski definition) is 4. The van der Waals surface area contributed by atoms with E-state index in [-0.39, 0.29) is 19.2 Å². The Bertz CT molecular complexity index is 845. The number of carbonyl (C=O) groups is 2. The van der Waals surface area contributed by atoms with Gasteiger partial charge in [0.25, 0.3) is 0 Å². The van der Waals surface area contributed by atoms with Crippen LogP contribution in [-0.4, -0.2) is 69.5 Å². The standard InChI is InChI=1S/C21H28N4O4/c1-21(2,3)29-20(28)24-11-12-25(18(14-24)15-26)19(27)22-16-7-6-8-17(13-16)23-9-4-5-10-23/h4-10,13,18,26H,11-12,14-15H2,1-3H3,(H,22,27). The number of hydrogen-bond donors (Lipinski definition) is 2. The van der Waals surface area contributed by atoms with Gasteiger partial charge in [0.2, 0.25) is 0 Å². The summed E-state index contributed by atoms with van der Waals surface area (Å²) in [5.41, 5.74) is 0.999. The zero-order chi connectivity index (χ0) is 21.0. The molecule has 156 valence electrons. The van der Waals surface area contributed by atoms with Crippen LogP contribution in [0.25, 0.3) is 5.69 Å². The minimum Gasteiger partial charge on any atom is -0.444 e. The number of aliphatic hydroxyl groups excluding tert-OH is 1. The number of nitrogens with zero attached hydrogens (tertiary/aromatic N) is 3. The van der Waals surface area contributed by atoms with E-state index in [1.807, 2.05) is 53.4 Å². The van der Waals surface area contributed by atoms with E-state index in [1.165, 1.54) is 4.90 Å². The van der Waals surface area contributed by atoms with Crippen LogP contribution in [0.15, 0.2) is 48.8 Å². The van der Waals surface area contributed by atoms with Gasteiger partial charge in [-0.05, 0) is 51.1 Å². The third-order valence-electron chi connectivity index (χ3n) is 4.61. The second-order valence-electron chi connectivity index (χ2n) is 8.03. The molecule has 1 unspecified atom stereocenters. The van der Waals surface area contributed by atoms with Crippen LogP contribution in [0.3, 0.4) is 0 Å². The van der Waals surface area contributed by atoms with Crippen molar-refractivity contribution in [1.29, 1.82) is 0 Å². The number of urea groups is 1. The molecule has 3 rings (SSSR count). The van der Waals surface area contributed by atoms with Crippen molar-refractivity contribution in [2.75, 3.05) is 31.6 Å². The summed E-state index contributed by atoms with van der Waals surface area (Å²) >= 11 is 0. The first-order valence-electron chi connectivity index (χ1n) is 9.66. The summed E-state index contributed by atoms with van der Waals surface area (Å²) in [6.45, 7) is 6.06. The van der Waals surface area contributed by atoms with Gasteiger partial charge in [0.15, 0.2) is 0 Å². The average molecular weight is 400 g/mol. The fraction of sp³-hybridized carbons (Fsp3) is 0.429. The molecule has 0 spiro atoms. The number of benzene rings is 1. The summed E-state index contributed by atoms with van der Waals surface area (Å²) in [4.78, 5) is 28.2. The van der Waals surface area contributed by atoms with Crippen molar-refractivity contribution in [3.05, 3.63) is 48.8 Å². The molecule has 8 nitrogen and oxygen atoms in total. The normalized spacial score (nSPS) is 17.2. The number of amides is 3. The Labute approximate surface area is 170 Å². The summed E-state index contributed by atoms with van der Waals surface area (Å²) in [7, 11) is 0. The number of aromatic nitrogens is 1. The SMILES string of the molecule is CC(C)(C)OC(=O)N1CCN(C(=O)Nc2cccc(-n3cccc3)c2)C(CO)C1. The van der Waals surface area contributed by atoms with E-state index < -0.39 is 17.7 Å². The highest BCUT2D eigenvalue weighted by molar-refractivity contribution is 5.90. The summed E-state index contributed by atoms with van der Waals surface area (Å²) in [5, 5.41) is 12.7. The molecule has 0 aliphatic carbocycles. The highest BCUT2D eigenvalue weighted by Crippen LogP contribution is 2.18. The van der Waals surface area contributed by atoms with E-state index in [1.54, 1.807) is 25.7 Å². The molecule has 2 N–H and O–H groups in total. The third kappa shape index (κ3) is 5.29. The highest BCUT2D eigenvalue weighted by atomic mass is 16.6. The Kier molecular flexibility index (Phi) is 6.12. The molecule has 8 heteroatoms. The average Bonchev–Trinajstić information content (AvgIpc) is 3.21. The van der Waals surface area contributed by atoms with Gasteiger partial charge in [-0.2, -0.15) is 0 Å². The molecule has 1 aliphatic heterocycles. The number of nitrogens with one attached hydrogen (secondary N) is 1. The van der Waals surface area contributed by atoms with Gasteiger partial charge in [-0.25, -0.2) is 9.59 Å². The van der Waals surface area contributed by atoms with E-state index in [9.17, 15) is 14.7 Å². The molecule has 1 saturated heterocycles. The van der Waals surface area contributed by atoms with E-state index >= 15 is 0 Å². The zero-order valence-electron chi connectivity index (χ0n) is 17.0. The van der Waals surface area contributed by atoms with Crippen LogP contribution in [0.4, 0.5) is 15.3 Å². The maximum atomic E-state index is 12.8. The van der Waals surface area contributed by atoms with Gasteiger partial charge < -0.3 is 29.5 Å². The molecule has 0 radical (unpaired) electrons. The number of aliphatic hydroxyl groups is 1. The van der Waals surface area contributed by atoms with Crippen molar-refractivity contribution >= 4 is 17.8 Å². The molecule has 1 atom stereocenters. The minimum absolute atomic E-state index is 0.224. The van der Waals surface area contributed by atoms with Crippen LogP contribution in [0.5, 0.6) is 0 Å². The molecule has 1 aliphatic rings. The second kappa shape index (κ2) is 8.57. The molecular weight excluding hydrogens is 372 g/mol. The predicted octanol–water partition coefficient (Wildman–Crippen LogP) is 2.92. The molecule has 0 saturated carbocycles. The first-order valence-corrected chi connectivity index (χ1v) is 9.66. The fourth-order valence-electron chi connectivity index (χ4n) is 3.22. The largest absolute Gasteiger partial charge is 0.444 e. The Balaban J connectivity index is 1.64. The van der Waals surface area contributed by atoms with E-state index in [0.717, 1.165) is 5.69 Å². The van der Waals surface area contributed by atoms with Crippen LogP contribution < -0.4 is 5.32 Å². The molecule has 29 heavy (non-hydrogen) atoms. The first-order chi connectivity index (χ1) is 13.8. The number of anilines is 1. The maximum absolute atomic E-state index is 12.8. The molecule has 3 amide bonds. The first kappa shape index (κ1) is 20.7. The molecular formula is C21H28N4O4. The van der Waals surface area contributed by atoms with E-state index in [2.05, 4.69) is 5.32 Å².